The van der Waals surface area contributed by atoms with E-state index in [4.69, 9.17) is 11.6 Å². The molecule has 0 spiro atoms. The molecule has 15 heavy (non-hydrogen) atoms. The number of hydrogen-bond acceptors (Lipinski definition) is 1. The van der Waals surface area contributed by atoms with Gasteiger partial charge in [-0.2, -0.15) is 0 Å². The van der Waals surface area contributed by atoms with E-state index in [0.717, 1.165) is 17.3 Å². The third-order valence-electron chi connectivity index (χ3n) is 2.28. The van der Waals surface area contributed by atoms with Gasteiger partial charge in [0.05, 0.1) is 10.7 Å². The molecule has 0 bridgehead atoms. The highest BCUT2D eigenvalue weighted by Gasteiger charge is 1.99. The van der Waals surface area contributed by atoms with Crippen molar-refractivity contribution < 1.29 is 0 Å². The standard InChI is InChI=1S/C12H17ClIN/c1-2-3-4-5-8-15-12-7-6-10(14)9-11(12)13/h6-7,9,15H,2-5,8H2,1H3. The summed E-state index contributed by atoms with van der Waals surface area (Å²) in [6.45, 7) is 3.24. The minimum Gasteiger partial charge on any atom is -0.384 e. The Morgan fingerprint density at radius 1 is 1.27 bits per heavy atom. The van der Waals surface area contributed by atoms with Crippen molar-refractivity contribution in [1.82, 2.24) is 0 Å². The molecule has 1 aromatic carbocycles. The van der Waals surface area contributed by atoms with Gasteiger partial charge < -0.3 is 5.32 Å². The maximum absolute atomic E-state index is 6.10. The summed E-state index contributed by atoms with van der Waals surface area (Å²) in [4.78, 5) is 0. The Morgan fingerprint density at radius 2 is 2.07 bits per heavy atom. The van der Waals surface area contributed by atoms with Gasteiger partial charge in [-0.15, -0.1) is 0 Å². The molecule has 3 heteroatoms. The molecule has 0 heterocycles. The van der Waals surface area contributed by atoms with E-state index in [-0.39, 0.29) is 0 Å². The summed E-state index contributed by atoms with van der Waals surface area (Å²) in [5.74, 6) is 0. The fourth-order valence-corrected chi connectivity index (χ4v) is 2.33. The first kappa shape index (κ1) is 13.1. The summed E-state index contributed by atoms with van der Waals surface area (Å²) in [6, 6.07) is 6.10. The van der Waals surface area contributed by atoms with Crippen LogP contribution in [0.1, 0.15) is 32.6 Å². The zero-order valence-corrected chi connectivity index (χ0v) is 11.9. The maximum atomic E-state index is 6.10. The van der Waals surface area contributed by atoms with Gasteiger partial charge in [0.1, 0.15) is 0 Å². The summed E-state index contributed by atoms with van der Waals surface area (Å²) >= 11 is 8.37. The van der Waals surface area contributed by atoms with Gasteiger partial charge in [0.15, 0.2) is 0 Å². The highest BCUT2D eigenvalue weighted by Crippen LogP contribution is 2.23. The maximum Gasteiger partial charge on any atom is 0.0648 e. The number of benzene rings is 1. The monoisotopic (exact) mass is 337 g/mol. The predicted molar refractivity (Wildman–Crippen MR) is 76.8 cm³/mol. The molecule has 0 fully saturated rings. The average Bonchev–Trinajstić information content (AvgIpc) is 2.20. The second kappa shape index (κ2) is 7.34. The van der Waals surface area contributed by atoms with Crippen LogP contribution in [0.5, 0.6) is 0 Å². The molecule has 0 unspecified atom stereocenters. The van der Waals surface area contributed by atoms with E-state index >= 15 is 0 Å². The Morgan fingerprint density at radius 3 is 2.73 bits per heavy atom. The summed E-state index contributed by atoms with van der Waals surface area (Å²) in [7, 11) is 0. The van der Waals surface area contributed by atoms with Crippen molar-refractivity contribution in [2.75, 3.05) is 11.9 Å². The molecule has 0 saturated carbocycles. The van der Waals surface area contributed by atoms with E-state index < -0.39 is 0 Å². The van der Waals surface area contributed by atoms with Crippen LogP contribution in [0.3, 0.4) is 0 Å². The largest absolute Gasteiger partial charge is 0.384 e. The molecular weight excluding hydrogens is 320 g/mol. The molecule has 0 aliphatic rings. The number of rotatable bonds is 6. The van der Waals surface area contributed by atoms with Crippen molar-refractivity contribution in [2.24, 2.45) is 0 Å². The Balaban J connectivity index is 2.31. The summed E-state index contributed by atoms with van der Waals surface area (Å²) < 4.78 is 1.18. The third-order valence-corrected chi connectivity index (χ3v) is 3.26. The van der Waals surface area contributed by atoms with Gasteiger partial charge in [0.25, 0.3) is 0 Å². The molecule has 0 amide bonds. The van der Waals surface area contributed by atoms with Crippen LogP contribution in [0.15, 0.2) is 18.2 Å². The highest BCUT2D eigenvalue weighted by molar-refractivity contribution is 14.1. The number of halogens is 2. The molecule has 84 valence electrons. The van der Waals surface area contributed by atoms with Crippen molar-refractivity contribution in [2.45, 2.75) is 32.6 Å². The Kier molecular flexibility index (Phi) is 6.41. The zero-order chi connectivity index (χ0) is 11.1. The number of anilines is 1. The topological polar surface area (TPSA) is 12.0 Å². The van der Waals surface area contributed by atoms with E-state index in [0.29, 0.717) is 0 Å². The smallest absolute Gasteiger partial charge is 0.0648 e. The normalized spacial score (nSPS) is 10.3. The van der Waals surface area contributed by atoms with Crippen LogP contribution >= 0.6 is 34.2 Å². The number of nitrogens with one attached hydrogen (secondary N) is 1. The molecule has 0 atom stereocenters. The first-order valence-corrected chi connectivity index (χ1v) is 6.88. The van der Waals surface area contributed by atoms with Crippen LogP contribution in [0.25, 0.3) is 0 Å². The first-order chi connectivity index (χ1) is 7.24. The molecule has 0 saturated heterocycles. The fraction of sp³-hybridized carbons (Fsp3) is 0.500. The van der Waals surface area contributed by atoms with Crippen LogP contribution in [0, 0.1) is 3.57 Å². The van der Waals surface area contributed by atoms with Gasteiger partial charge in [-0.25, -0.2) is 0 Å². The Hall–Kier alpha value is 0.0400. The molecule has 1 rings (SSSR count). The van der Waals surface area contributed by atoms with E-state index in [1.165, 1.54) is 29.3 Å². The van der Waals surface area contributed by atoms with Crippen LogP contribution in [0.4, 0.5) is 5.69 Å². The van der Waals surface area contributed by atoms with E-state index in [1.54, 1.807) is 0 Å². The Bertz CT molecular complexity index is 302. The van der Waals surface area contributed by atoms with Crippen LogP contribution in [-0.2, 0) is 0 Å². The molecular formula is C12H17ClIN. The molecule has 1 aromatic rings. The van der Waals surface area contributed by atoms with Gasteiger partial charge in [0.2, 0.25) is 0 Å². The van der Waals surface area contributed by atoms with Gasteiger partial charge in [-0.3, -0.25) is 0 Å². The SMILES string of the molecule is CCCCCCNc1ccc(I)cc1Cl. The molecule has 1 N–H and O–H groups in total. The van der Waals surface area contributed by atoms with Crippen LogP contribution in [0.2, 0.25) is 5.02 Å². The summed E-state index contributed by atoms with van der Waals surface area (Å²) in [5, 5.41) is 4.18. The lowest BCUT2D eigenvalue weighted by atomic mass is 10.2. The van der Waals surface area contributed by atoms with Crippen molar-refractivity contribution in [3.63, 3.8) is 0 Å². The van der Waals surface area contributed by atoms with Crippen molar-refractivity contribution in [3.05, 3.63) is 26.8 Å². The second-order valence-electron chi connectivity index (χ2n) is 3.61. The van der Waals surface area contributed by atoms with E-state index in [9.17, 15) is 0 Å². The van der Waals surface area contributed by atoms with E-state index in [2.05, 4.69) is 40.9 Å². The van der Waals surface area contributed by atoms with Crippen LogP contribution < -0.4 is 5.32 Å². The molecule has 0 aromatic heterocycles. The second-order valence-corrected chi connectivity index (χ2v) is 5.26. The van der Waals surface area contributed by atoms with Crippen LogP contribution in [-0.4, -0.2) is 6.54 Å². The lowest BCUT2D eigenvalue weighted by molar-refractivity contribution is 0.685. The van der Waals surface area contributed by atoms with Gasteiger partial charge in [0, 0.05) is 10.1 Å². The van der Waals surface area contributed by atoms with Gasteiger partial charge in [-0.1, -0.05) is 37.8 Å². The van der Waals surface area contributed by atoms with Crippen molar-refractivity contribution in [3.8, 4) is 0 Å². The van der Waals surface area contributed by atoms with Gasteiger partial charge >= 0.3 is 0 Å². The predicted octanol–water partition coefficient (Wildman–Crippen LogP) is 4.94. The summed E-state index contributed by atoms with van der Waals surface area (Å²) in [6.07, 6.45) is 5.12. The first-order valence-electron chi connectivity index (χ1n) is 5.43. The van der Waals surface area contributed by atoms with Crippen molar-refractivity contribution >= 4 is 39.9 Å². The number of unbranched alkanes of at least 4 members (excludes halogenated alkanes) is 3. The Labute approximate surface area is 111 Å². The summed E-state index contributed by atoms with van der Waals surface area (Å²) in [5.41, 5.74) is 1.05. The highest BCUT2D eigenvalue weighted by atomic mass is 127. The molecule has 0 aliphatic carbocycles. The molecule has 0 radical (unpaired) electrons. The van der Waals surface area contributed by atoms with Crippen molar-refractivity contribution in [1.29, 1.82) is 0 Å². The number of hydrogen-bond donors (Lipinski definition) is 1. The molecule has 0 aliphatic heterocycles. The lowest BCUT2D eigenvalue weighted by Crippen LogP contribution is -2.01. The van der Waals surface area contributed by atoms with Gasteiger partial charge in [-0.05, 0) is 47.2 Å². The average molecular weight is 338 g/mol. The van der Waals surface area contributed by atoms with E-state index in [1.807, 2.05) is 12.1 Å². The minimum atomic E-state index is 0.817. The molecule has 1 nitrogen and oxygen atoms in total. The lowest BCUT2D eigenvalue weighted by Gasteiger charge is -2.08. The third kappa shape index (κ3) is 5.07. The quantitative estimate of drug-likeness (QED) is 0.573. The fourth-order valence-electron chi connectivity index (χ4n) is 1.41. The zero-order valence-electron chi connectivity index (χ0n) is 9.02. The minimum absolute atomic E-state index is 0.817.